The Balaban J connectivity index is 2.08. The lowest BCUT2D eigenvalue weighted by Gasteiger charge is -2.71. The predicted molar refractivity (Wildman–Crippen MR) is 106 cm³/mol. The van der Waals surface area contributed by atoms with Crippen molar-refractivity contribution in [1.82, 2.24) is 0 Å². The molecule has 0 spiro atoms. The first-order chi connectivity index (χ1) is 10.4. The van der Waals surface area contributed by atoms with Crippen LogP contribution < -0.4 is 0 Å². The second-order valence-corrected chi connectivity index (χ2v) is 20.5. The Morgan fingerprint density at radius 1 is 1.00 bits per heavy atom. The van der Waals surface area contributed by atoms with Gasteiger partial charge in [-0.15, -0.1) is 0 Å². The maximum Gasteiger partial charge on any atom is 0.183 e. The molecule has 0 aromatic heterocycles. The molecule has 1 aromatic carbocycles. The molecule has 3 rings (SSSR count). The molecule has 0 saturated heterocycles. The summed E-state index contributed by atoms with van der Waals surface area (Å²) in [6, 6.07) is 9.19. The summed E-state index contributed by atoms with van der Waals surface area (Å²) in [5.74, 6) is 0. The van der Waals surface area contributed by atoms with Crippen LogP contribution in [0.4, 0.5) is 0 Å². The molecule has 2 aliphatic carbocycles. The van der Waals surface area contributed by atoms with Crippen molar-refractivity contribution in [3.63, 3.8) is 0 Å². The average molecular weight is 347 g/mol. The van der Waals surface area contributed by atoms with E-state index in [-0.39, 0.29) is 0 Å². The number of hydrogen-bond acceptors (Lipinski definition) is 1. The zero-order valence-corrected chi connectivity index (χ0v) is 18.3. The highest BCUT2D eigenvalue weighted by Gasteiger charge is 2.75. The predicted octanol–water partition coefficient (Wildman–Crippen LogP) is 5.84. The second kappa shape index (κ2) is 4.83. The minimum absolute atomic E-state index is 0.300. The molecule has 0 heterocycles. The zero-order chi connectivity index (χ0) is 17.3. The van der Waals surface area contributed by atoms with Gasteiger partial charge in [0.1, 0.15) is 0 Å². The van der Waals surface area contributed by atoms with E-state index < -0.39 is 16.4 Å². The van der Waals surface area contributed by atoms with Crippen molar-refractivity contribution in [3.05, 3.63) is 35.4 Å². The molecule has 1 saturated carbocycles. The van der Waals surface area contributed by atoms with Crippen molar-refractivity contribution in [3.8, 4) is 0 Å². The van der Waals surface area contributed by atoms with Gasteiger partial charge in [-0.05, 0) is 48.6 Å². The molecule has 23 heavy (non-hydrogen) atoms. The number of hydrogen-bond donors (Lipinski definition) is 0. The van der Waals surface area contributed by atoms with Crippen LogP contribution in [0.5, 0.6) is 0 Å². The fourth-order valence-corrected chi connectivity index (χ4v) is 8.96. The Morgan fingerprint density at radius 2 is 1.61 bits per heavy atom. The van der Waals surface area contributed by atoms with E-state index >= 15 is 0 Å². The summed E-state index contributed by atoms with van der Waals surface area (Å²) in [6.45, 7) is 20.7. The molecule has 0 bridgehead atoms. The van der Waals surface area contributed by atoms with Gasteiger partial charge in [0.15, 0.2) is 8.32 Å². The first-order valence-electron chi connectivity index (χ1n) is 9.09. The van der Waals surface area contributed by atoms with Crippen molar-refractivity contribution in [1.29, 1.82) is 0 Å². The van der Waals surface area contributed by atoms with Crippen LogP contribution >= 0.6 is 0 Å². The van der Waals surface area contributed by atoms with Gasteiger partial charge in [-0.25, -0.2) is 0 Å². The highest BCUT2D eigenvalue weighted by Crippen LogP contribution is 2.80. The minimum Gasteiger partial charge on any atom is -0.417 e. The molecule has 1 nitrogen and oxygen atoms in total. The van der Waals surface area contributed by atoms with E-state index in [4.69, 9.17) is 4.43 Å². The smallest absolute Gasteiger partial charge is 0.183 e. The van der Waals surface area contributed by atoms with Gasteiger partial charge in [0.25, 0.3) is 0 Å². The molecule has 0 N–H and O–H groups in total. The van der Waals surface area contributed by atoms with Crippen LogP contribution in [-0.2, 0) is 16.3 Å². The van der Waals surface area contributed by atoms with Gasteiger partial charge >= 0.3 is 0 Å². The Morgan fingerprint density at radius 3 is 2.17 bits per heavy atom. The summed E-state index contributed by atoms with van der Waals surface area (Å²) < 4.78 is 6.59. The maximum absolute atomic E-state index is 6.59. The van der Waals surface area contributed by atoms with Gasteiger partial charge in [-0.3, -0.25) is 0 Å². The summed E-state index contributed by atoms with van der Waals surface area (Å²) in [4.78, 5) is 0. The number of fused-ring (bicyclic) bond motifs is 3. The Labute approximate surface area is 145 Å². The van der Waals surface area contributed by atoms with Crippen molar-refractivity contribution in [2.24, 2.45) is 5.41 Å². The minimum atomic E-state index is -1.51. The molecular formula is C20H34OSi2. The second-order valence-electron chi connectivity index (χ2n) is 10.4. The Bertz CT molecular complexity index is 627. The number of rotatable bonds is 4. The largest absolute Gasteiger partial charge is 0.417 e. The van der Waals surface area contributed by atoms with Crippen molar-refractivity contribution < 1.29 is 4.43 Å². The van der Waals surface area contributed by atoms with Gasteiger partial charge < -0.3 is 4.43 Å². The van der Waals surface area contributed by atoms with Gasteiger partial charge in [-0.1, -0.05) is 57.8 Å². The third-order valence-corrected chi connectivity index (χ3v) is 12.3. The zero-order valence-electron chi connectivity index (χ0n) is 16.3. The van der Waals surface area contributed by atoms with Crippen LogP contribution in [0.2, 0.25) is 44.3 Å². The molecule has 1 aromatic rings. The van der Waals surface area contributed by atoms with E-state index in [0.717, 1.165) is 6.61 Å². The third kappa shape index (κ3) is 2.19. The molecule has 0 radical (unpaired) electrons. The van der Waals surface area contributed by atoms with Crippen molar-refractivity contribution >= 4 is 16.4 Å². The van der Waals surface area contributed by atoms with Crippen LogP contribution in [0.3, 0.4) is 0 Å². The third-order valence-electron chi connectivity index (χ3n) is 7.33. The quantitative estimate of drug-likeness (QED) is 0.622. The molecule has 0 amide bonds. The summed E-state index contributed by atoms with van der Waals surface area (Å²) >= 11 is 0. The molecule has 1 fully saturated rings. The molecule has 3 heteroatoms. The van der Waals surface area contributed by atoms with E-state index in [2.05, 4.69) is 77.4 Å². The highest BCUT2D eigenvalue weighted by atomic mass is 28.4. The van der Waals surface area contributed by atoms with Crippen LogP contribution in [-0.4, -0.2) is 23.0 Å². The fraction of sp³-hybridized carbons (Fsp3) is 0.700. The first kappa shape index (κ1) is 17.4. The van der Waals surface area contributed by atoms with Gasteiger partial charge in [0.05, 0.1) is 8.07 Å². The lowest BCUT2D eigenvalue weighted by molar-refractivity contribution is -0.0768. The normalized spacial score (nSPS) is 36.3. The van der Waals surface area contributed by atoms with E-state index in [1.807, 2.05) is 0 Å². The van der Waals surface area contributed by atoms with Crippen molar-refractivity contribution in [2.45, 2.75) is 76.4 Å². The van der Waals surface area contributed by atoms with E-state index in [1.165, 1.54) is 12.8 Å². The first-order valence-corrected chi connectivity index (χ1v) is 16.0. The standard InChI is InChI=1S/C20H34OSi2/c1-18-14-19(2,22(3,4)5)20(18,15-21-23(6,7)8)13-16-11-9-10-12-17(16)18/h9-12H,13-15H2,1-8H3/t18-,19+,20-/m0/s1. The van der Waals surface area contributed by atoms with E-state index in [1.54, 1.807) is 11.1 Å². The molecule has 3 atom stereocenters. The van der Waals surface area contributed by atoms with E-state index in [9.17, 15) is 0 Å². The van der Waals surface area contributed by atoms with Crippen LogP contribution in [0.25, 0.3) is 0 Å². The van der Waals surface area contributed by atoms with Gasteiger partial charge in [0.2, 0.25) is 0 Å². The lowest BCUT2D eigenvalue weighted by atomic mass is 9.44. The summed E-state index contributed by atoms with van der Waals surface area (Å²) in [5, 5.41) is 0.452. The van der Waals surface area contributed by atoms with Gasteiger partial charge in [0, 0.05) is 17.4 Å². The summed E-state index contributed by atoms with van der Waals surface area (Å²) in [6.07, 6.45) is 2.55. The topological polar surface area (TPSA) is 9.23 Å². The van der Waals surface area contributed by atoms with Crippen molar-refractivity contribution in [2.75, 3.05) is 6.61 Å². The lowest BCUT2D eigenvalue weighted by Crippen LogP contribution is -2.69. The highest BCUT2D eigenvalue weighted by molar-refractivity contribution is 6.79. The maximum atomic E-state index is 6.59. The Kier molecular flexibility index (Phi) is 3.66. The SMILES string of the molecule is C[C@@]12C[C@@](C)([Si](C)(C)C)[C@]1(CO[Si](C)(C)C)Cc1ccccc12. The van der Waals surface area contributed by atoms with Crippen LogP contribution in [0, 0.1) is 5.41 Å². The molecule has 0 aliphatic heterocycles. The summed E-state index contributed by atoms with van der Waals surface area (Å²) in [7, 11) is -2.81. The van der Waals surface area contributed by atoms with Gasteiger partial charge in [-0.2, -0.15) is 0 Å². The molecule has 2 aliphatic rings. The fourth-order valence-electron chi connectivity index (χ4n) is 5.52. The molecule has 0 unspecified atom stereocenters. The molecule has 128 valence electrons. The van der Waals surface area contributed by atoms with Crippen LogP contribution in [0.15, 0.2) is 24.3 Å². The Hall–Kier alpha value is -0.386. The van der Waals surface area contributed by atoms with E-state index in [0.29, 0.717) is 15.9 Å². The summed E-state index contributed by atoms with van der Waals surface area (Å²) in [5.41, 5.74) is 3.79. The van der Waals surface area contributed by atoms with Crippen LogP contribution in [0.1, 0.15) is 31.4 Å². The number of benzene rings is 1. The monoisotopic (exact) mass is 346 g/mol. The molecular weight excluding hydrogens is 312 g/mol. The average Bonchev–Trinajstić information content (AvgIpc) is 2.60.